The molecule has 4 atom stereocenters. The van der Waals surface area contributed by atoms with Gasteiger partial charge in [-0.05, 0) is 0 Å². The Bertz CT molecular complexity index is 188. The lowest BCUT2D eigenvalue weighted by Crippen LogP contribution is -2.62. The Hall–Kier alpha value is -0.340. The van der Waals surface area contributed by atoms with Crippen molar-refractivity contribution in [1.82, 2.24) is 0 Å². The van der Waals surface area contributed by atoms with Crippen molar-refractivity contribution in [2.75, 3.05) is 6.61 Å². The Kier molecular flexibility index (Phi) is 2.83. The van der Waals surface area contributed by atoms with Gasteiger partial charge in [0.25, 0.3) is 0 Å². The Morgan fingerprint density at radius 3 is 2.23 bits per heavy atom. The Morgan fingerprint density at radius 2 is 1.77 bits per heavy atom. The smallest absolute Gasteiger partial charge is 0.325 e. The number of halogens is 2. The molecular formula is C6H10F2O5. The van der Waals surface area contributed by atoms with Gasteiger partial charge in [-0.1, -0.05) is 0 Å². The maximum absolute atomic E-state index is 12.7. The molecule has 0 bridgehead atoms. The number of hydrogen-bond acceptors (Lipinski definition) is 5. The summed E-state index contributed by atoms with van der Waals surface area (Å²) in [5.41, 5.74) is 0. The van der Waals surface area contributed by atoms with Crippen molar-refractivity contribution in [3.8, 4) is 0 Å². The molecule has 0 aromatic heterocycles. The van der Waals surface area contributed by atoms with E-state index in [1.54, 1.807) is 0 Å². The molecule has 4 N–H and O–H groups in total. The van der Waals surface area contributed by atoms with E-state index in [4.69, 9.17) is 20.4 Å². The van der Waals surface area contributed by atoms with Crippen molar-refractivity contribution in [3.63, 3.8) is 0 Å². The number of hydrogen-bond donors (Lipinski definition) is 4. The lowest BCUT2D eigenvalue weighted by Gasteiger charge is -2.39. The summed E-state index contributed by atoms with van der Waals surface area (Å²) in [7, 11) is 0. The molecule has 1 saturated heterocycles. The van der Waals surface area contributed by atoms with E-state index in [9.17, 15) is 8.78 Å². The van der Waals surface area contributed by atoms with Gasteiger partial charge < -0.3 is 25.2 Å². The zero-order chi connectivity index (χ0) is 10.2. The summed E-state index contributed by atoms with van der Waals surface area (Å²) in [6.45, 7) is -0.759. The molecule has 1 aliphatic rings. The van der Waals surface area contributed by atoms with Crippen molar-refractivity contribution in [2.45, 2.75) is 30.5 Å². The second-order valence-corrected chi connectivity index (χ2v) is 2.82. The first-order valence-corrected chi connectivity index (χ1v) is 3.59. The van der Waals surface area contributed by atoms with E-state index in [2.05, 4.69) is 4.74 Å². The van der Waals surface area contributed by atoms with Crippen molar-refractivity contribution in [2.24, 2.45) is 0 Å². The van der Waals surface area contributed by atoms with E-state index in [1.807, 2.05) is 0 Å². The van der Waals surface area contributed by atoms with Gasteiger partial charge >= 0.3 is 5.92 Å². The highest BCUT2D eigenvalue weighted by Crippen LogP contribution is 2.33. The molecule has 78 valence electrons. The number of ether oxygens (including phenoxy) is 1. The third-order valence-electron chi connectivity index (χ3n) is 1.91. The molecule has 0 aromatic carbocycles. The van der Waals surface area contributed by atoms with Crippen LogP contribution in [0, 0.1) is 0 Å². The molecule has 1 heterocycles. The Balaban J connectivity index is 2.79. The summed E-state index contributed by atoms with van der Waals surface area (Å²) in [6, 6.07) is 0. The first kappa shape index (κ1) is 10.7. The van der Waals surface area contributed by atoms with Crippen LogP contribution in [0.15, 0.2) is 0 Å². The van der Waals surface area contributed by atoms with Gasteiger partial charge in [-0.2, -0.15) is 8.78 Å². The lowest BCUT2D eigenvalue weighted by atomic mass is 9.98. The second kappa shape index (κ2) is 3.43. The minimum atomic E-state index is -3.93. The van der Waals surface area contributed by atoms with Crippen LogP contribution in [-0.4, -0.2) is 57.6 Å². The molecule has 5 nitrogen and oxygen atoms in total. The fourth-order valence-electron chi connectivity index (χ4n) is 1.06. The molecule has 0 spiro atoms. The topological polar surface area (TPSA) is 90.2 Å². The van der Waals surface area contributed by atoms with Gasteiger partial charge in [0, 0.05) is 0 Å². The zero-order valence-electron chi connectivity index (χ0n) is 6.47. The van der Waals surface area contributed by atoms with Crippen LogP contribution in [0.5, 0.6) is 0 Å². The number of aliphatic hydroxyl groups is 4. The van der Waals surface area contributed by atoms with Crippen molar-refractivity contribution in [3.05, 3.63) is 0 Å². The average molecular weight is 200 g/mol. The van der Waals surface area contributed by atoms with E-state index in [1.165, 1.54) is 0 Å². The highest BCUT2D eigenvalue weighted by molar-refractivity contribution is 4.93. The van der Waals surface area contributed by atoms with Crippen LogP contribution in [0.4, 0.5) is 8.78 Å². The first-order chi connectivity index (χ1) is 5.91. The molecule has 1 aliphatic heterocycles. The molecule has 1 fully saturated rings. The van der Waals surface area contributed by atoms with E-state index < -0.39 is 37.1 Å². The maximum atomic E-state index is 12.7. The van der Waals surface area contributed by atoms with Gasteiger partial charge in [-0.15, -0.1) is 0 Å². The summed E-state index contributed by atoms with van der Waals surface area (Å²) < 4.78 is 29.5. The molecular weight excluding hydrogens is 190 g/mol. The quantitative estimate of drug-likeness (QED) is 0.395. The van der Waals surface area contributed by atoms with Crippen LogP contribution in [0.3, 0.4) is 0 Å². The number of alkyl halides is 2. The standard InChI is InChI=1S/C6H10F2O5/c7-6(8)4(11)3(10)2(1-9)13-5(6)12/h2-5,9-12H,1H2/t2-,3+,4+,5?/m1/s1. The molecule has 1 rings (SSSR count). The summed E-state index contributed by atoms with van der Waals surface area (Å²) in [5.74, 6) is -3.93. The van der Waals surface area contributed by atoms with Gasteiger partial charge in [-0.3, -0.25) is 0 Å². The van der Waals surface area contributed by atoms with Crippen LogP contribution < -0.4 is 0 Å². The van der Waals surface area contributed by atoms with Gasteiger partial charge in [0.15, 0.2) is 6.10 Å². The first-order valence-electron chi connectivity index (χ1n) is 3.59. The predicted molar refractivity (Wildman–Crippen MR) is 34.9 cm³/mol. The fourth-order valence-corrected chi connectivity index (χ4v) is 1.06. The zero-order valence-corrected chi connectivity index (χ0v) is 6.47. The third-order valence-corrected chi connectivity index (χ3v) is 1.91. The molecule has 0 radical (unpaired) electrons. The molecule has 7 heteroatoms. The van der Waals surface area contributed by atoms with Crippen LogP contribution in [0.1, 0.15) is 0 Å². The molecule has 0 saturated carbocycles. The Morgan fingerprint density at radius 1 is 1.23 bits per heavy atom. The highest BCUT2D eigenvalue weighted by atomic mass is 19.3. The number of aliphatic hydroxyl groups excluding tert-OH is 4. The van der Waals surface area contributed by atoms with Crippen LogP contribution >= 0.6 is 0 Å². The molecule has 1 unspecified atom stereocenters. The van der Waals surface area contributed by atoms with Crippen LogP contribution in [0.2, 0.25) is 0 Å². The molecule has 13 heavy (non-hydrogen) atoms. The van der Waals surface area contributed by atoms with Gasteiger partial charge in [0.05, 0.1) is 6.61 Å². The summed E-state index contributed by atoms with van der Waals surface area (Å²) >= 11 is 0. The molecule has 0 aromatic rings. The largest absolute Gasteiger partial charge is 0.394 e. The third kappa shape index (κ3) is 1.65. The van der Waals surface area contributed by atoms with Crippen LogP contribution in [-0.2, 0) is 4.74 Å². The van der Waals surface area contributed by atoms with Crippen molar-refractivity contribution in [1.29, 1.82) is 0 Å². The summed E-state index contributed by atoms with van der Waals surface area (Å²) in [4.78, 5) is 0. The summed E-state index contributed by atoms with van der Waals surface area (Å²) in [5, 5.41) is 35.0. The second-order valence-electron chi connectivity index (χ2n) is 2.82. The lowest BCUT2D eigenvalue weighted by molar-refractivity contribution is -0.345. The molecule has 0 aliphatic carbocycles. The van der Waals surface area contributed by atoms with Gasteiger partial charge in [0.2, 0.25) is 6.29 Å². The van der Waals surface area contributed by atoms with Crippen molar-refractivity contribution >= 4 is 0 Å². The minimum Gasteiger partial charge on any atom is -0.394 e. The van der Waals surface area contributed by atoms with E-state index >= 15 is 0 Å². The highest BCUT2D eigenvalue weighted by Gasteiger charge is 2.56. The average Bonchev–Trinajstić information content (AvgIpc) is 2.09. The van der Waals surface area contributed by atoms with Gasteiger partial charge in [0.1, 0.15) is 12.2 Å². The fraction of sp³-hybridized carbons (Fsp3) is 1.00. The van der Waals surface area contributed by atoms with Crippen LogP contribution in [0.25, 0.3) is 0 Å². The SMILES string of the molecule is OC[C@H]1OC(O)C(F)(F)[C@@H](O)[C@H]1O. The van der Waals surface area contributed by atoms with Gasteiger partial charge in [-0.25, -0.2) is 0 Å². The number of rotatable bonds is 1. The predicted octanol–water partition coefficient (Wildman–Crippen LogP) is -1.95. The van der Waals surface area contributed by atoms with E-state index in [0.717, 1.165) is 0 Å². The Labute approximate surface area is 72.2 Å². The van der Waals surface area contributed by atoms with E-state index in [-0.39, 0.29) is 0 Å². The normalized spacial score (nSPS) is 44.8. The maximum Gasteiger partial charge on any atom is 0.325 e. The van der Waals surface area contributed by atoms with E-state index in [0.29, 0.717) is 0 Å². The monoisotopic (exact) mass is 200 g/mol. The summed E-state index contributed by atoms with van der Waals surface area (Å²) in [6.07, 6.45) is -8.26. The minimum absolute atomic E-state index is 0.759. The van der Waals surface area contributed by atoms with Crippen molar-refractivity contribution < 1.29 is 33.9 Å². The molecule has 0 amide bonds.